The number of aromatic amines is 4. The second kappa shape index (κ2) is 28.2. The number of amides is 2. The highest BCUT2D eigenvalue weighted by Gasteiger charge is 2.25. The van der Waals surface area contributed by atoms with Crippen molar-refractivity contribution >= 4 is 67.0 Å². The van der Waals surface area contributed by atoms with Crippen LogP contribution in [0.15, 0.2) is 97.6 Å². The number of ether oxygens (including phenoxy) is 4. The molecule has 0 bridgehead atoms. The number of H-pyrrole nitrogens is 4. The molecular formula is C56H64F2N6O12. The normalized spacial score (nSPS) is 12.2. The fourth-order valence-electron chi connectivity index (χ4n) is 8.86. The summed E-state index contributed by atoms with van der Waals surface area (Å²) in [4.78, 5) is 65.0. The van der Waals surface area contributed by atoms with Gasteiger partial charge in [-0.15, -0.1) is 0 Å². The van der Waals surface area contributed by atoms with E-state index >= 15 is 0 Å². The molecule has 76 heavy (non-hydrogen) atoms. The van der Waals surface area contributed by atoms with Gasteiger partial charge in [-0.1, -0.05) is 0 Å². The minimum atomic E-state index is -0.782. The first kappa shape index (κ1) is 56.0. The molecule has 0 aliphatic heterocycles. The van der Waals surface area contributed by atoms with Gasteiger partial charge in [0.15, 0.2) is 11.6 Å². The number of hydrogen-bond donors (Lipinski definition) is 10. The van der Waals surface area contributed by atoms with Crippen LogP contribution in [0.4, 0.5) is 8.78 Å². The zero-order chi connectivity index (χ0) is 53.8. The molecule has 18 nitrogen and oxygen atoms in total. The SMILES string of the molecule is O=C(Cc1c[nH]c2ccc(O)cc12)NC(Cc1c[nH]c2ccc(O)cc12)C(=O)CCCOCCOCCF.O=C(Cc1c[nH]c2ccc(O)cc12)NC(Cc1c[nH]c2ccc(O)cc12)C(=O)CCCOCCOCC[18F]. The lowest BCUT2D eigenvalue weighted by molar-refractivity contribution is -0.127. The first-order valence-electron chi connectivity index (χ1n) is 25.1. The minimum absolute atomic E-state index is 0.0316. The number of Topliss-reactive ketones (excluding diaryl/α,β-unsaturated/α-hetero) is 2. The molecule has 404 valence electrons. The summed E-state index contributed by atoms with van der Waals surface area (Å²) >= 11 is 0. The van der Waals surface area contributed by atoms with E-state index in [0.717, 1.165) is 54.7 Å². The van der Waals surface area contributed by atoms with Crippen LogP contribution >= 0.6 is 0 Å². The molecule has 0 aliphatic carbocycles. The van der Waals surface area contributed by atoms with Gasteiger partial charge in [-0.25, -0.2) is 8.78 Å². The fourth-order valence-corrected chi connectivity index (χ4v) is 8.86. The van der Waals surface area contributed by atoms with E-state index in [1.54, 1.807) is 97.6 Å². The van der Waals surface area contributed by atoms with Gasteiger partial charge in [0, 0.05) is 107 Å². The summed E-state index contributed by atoms with van der Waals surface area (Å²) in [6.07, 6.45) is 8.88. The number of ketones is 2. The van der Waals surface area contributed by atoms with Crippen LogP contribution in [0.2, 0.25) is 0 Å². The summed E-state index contributed by atoms with van der Waals surface area (Å²) in [7, 11) is 0. The molecule has 2 unspecified atom stereocenters. The van der Waals surface area contributed by atoms with Crippen molar-refractivity contribution < 1.29 is 67.3 Å². The van der Waals surface area contributed by atoms with Gasteiger partial charge in [0.1, 0.15) is 36.3 Å². The topological polar surface area (TPSA) is 273 Å². The van der Waals surface area contributed by atoms with Gasteiger partial charge in [-0.3, -0.25) is 19.2 Å². The number of alkyl halides is 2. The van der Waals surface area contributed by atoms with Crippen molar-refractivity contribution in [3.8, 4) is 23.0 Å². The molecule has 0 fully saturated rings. The molecule has 8 rings (SSSR count). The average Bonchev–Trinajstić information content (AvgIpc) is 4.21. The lowest BCUT2D eigenvalue weighted by atomic mass is 9.98. The molecule has 0 radical (unpaired) electrons. The third-order valence-corrected chi connectivity index (χ3v) is 12.6. The Kier molecular flexibility index (Phi) is 20.8. The first-order valence-corrected chi connectivity index (χ1v) is 25.1. The van der Waals surface area contributed by atoms with Crippen molar-refractivity contribution in [3.63, 3.8) is 0 Å². The van der Waals surface area contributed by atoms with Crippen LogP contribution in [0.25, 0.3) is 43.6 Å². The van der Waals surface area contributed by atoms with Gasteiger partial charge < -0.3 is 69.9 Å². The Morgan fingerprint density at radius 1 is 0.434 bits per heavy atom. The van der Waals surface area contributed by atoms with E-state index in [1.807, 2.05) is 0 Å². The quantitative estimate of drug-likeness (QED) is 0.0198. The second-order valence-electron chi connectivity index (χ2n) is 18.1. The van der Waals surface area contributed by atoms with Crippen molar-refractivity contribution in [2.45, 2.75) is 63.5 Å². The summed E-state index contributed by atoms with van der Waals surface area (Å²) in [5.74, 6) is -0.492. The molecule has 0 aliphatic rings. The van der Waals surface area contributed by atoms with E-state index in [2.05, 4.69) is 30.6 Å². The van der Waals surface area contributed by atoms with Gasteiger partial charge >= 0.3 is 0 Å². The highest BCUT2D eigenvalue weighted by atomic mass is 19.1. The predicted octanol–water partition coefficient (Wildman–Crippen LogP) is 7.36. The molecule has 10 N–H and O–H groups in total. The Bertz CT molecular complexity index is 2970. The van der Waals surface area contributed by atoms with Gasteiger partial charge in [0.25, 0.3) is 0 Å². The molecule has 4 heterocycles. The molecule has 4 aromatic heterocycles. The van der Waals surface area contributed by atoms with Crippen LogP contribution in [0, 0.1) is 0 Å². The van der Waals surface area contributed by atoms with Crippen molar-refractivity contribution in [2.24, 2.45) is 0 Å². The summed E-state index contributed by atoms with van der Waals surface area (Å²) in [6.45, 7) is 0.867. The zero-order valence-corrected chi connectivity index (χ0v) is 41.9. The molecular weight excluding hydrogens is 986 g/mol. The molecule has 8 aromatic rings. The Morgan fingerprint density at radius 2 is 0.737 bits per heavy atom. The molecule has 20 heteroatoms. The van der Waals surface area contributed by atoms with E-state index in [9.17, 15) is 48.4 Å². The molecule has 2 amide bonds. The fraction of sp³-hybridized carbons (Fsp3) is 0.357. The van der Waals surface area contributed by atoms with Gasteiger partial charge in [0.2, 0.25) is 11.8 Å². The number of hydrogen-bond acceptors (Lipinski definition) is 12. The Morgan fingerprint density at radius 3 is 1.07 bits per heavy atom. The largest absolute Gasteiger partial charge is 0.508 e. The number of nitrogens with one attached hydrogen (secondary N) is 6. The second-order valence-corrected chi connectivity index (χ2v) is 18.1. The lowest BCUT2D eigenvalue weighted by Crippen LogP contribution is -2.43. The average molecular weight is 1050 g/mol. The molecule has 0 saturated heterocycles. The third-order valence-electron chi connectivity index (χ3n) is 12.6. The summed E-state index contributed by atoms with van der Waals surface area (Å²) in [6, 6.07) is 18.2. The summed E-state index contributed by atoms with van der Waals surface area (Å²) in [5.41, 5.74) is 6.24. The number of carbonyl (C=O) groups excluding carboxylic acids is 4. The maximum atomic E-state index is 13.2. The summed E-state index contributed by atoms with van der Waals surface area (Å²) in [5, 5.41) is 48.4. The Labute approximate surface area is 436 Å². The van der Waals surface area contributed by atoms with Crippen molar-refractivity contribution in [3.05, 3.63) is 120 Å². The first-order chi connectivity index (χ1) is 36.9. The van der Waals surface area contributed by atoms with E-state index in [-0.39, 0.29) is 111 Å². The number of rotatable bonds is 30. The van der Waals surface area contributed by atoms with E-state index in [1.165, 1.54) is 0 Å². The van der Waals surface area contributed by atoms with Crippen molar-refractivity contribution in [1.82, 2.24) is 30.6 Å². The number of fused-ring (bicyclic) bond motifs is 4. The molecule has 4 aromatic carbocycles. The number of benzene rings is 4. The van der Waals surface area contributed by atoms with E-state index < -0.39 is 25.4 Å². The van der Waals surface area contributed by atoms with Crippen LogP contribution < -0.4 is 10.6 Å². The van der Waals surface area contributed by atoms with Crippen LogP contribution in [0.3, 0.4) is 0 Å². The predicted molar refractivity (Wildman–Crippen MR) is 282 cm³/mol. The summed E-state index contributed by atoms with van der Waals surface area (Å²) < 4.78 is 45.0. The number of aromatic hydroxyl groups is 4. The van der Waals surface area contributed by atoms with Gasteiger partial charge in [-0.05, 0) is 108 Å². The number of phenolic OH excluding ortho intramolecular Hbond substituents is 4. The number of carbonyl (C=O) groups is 4. The van der Waals surface area contributed by atoms with Crippen LogP contribution in [-0.4, -0.2) is 142 Å². The zero-order valence-electron chi connectivity index (χ0n) is 41.9. The third kappa shape index (κ3) is 16.1. The van der Waals surface area contributed by atoms with Crippen LogP contribution in [0.5, 0.6) is 23.0 Å². The molecule has 2 atom stereocenters. The Hall–Kier alpha value is -7.78. The molecule has 0 spiro atoms. The van der Waals surface area contributed by atoms with Crippen molar-refractivity contribution in [2.75, 3.05) is 66.2 Å². The standard InChI is InChI=1S/2C28H32FN3O6/c2*29-7-9-38-11-10-37-8-1-2-27(35)26(12-18-16-30-24-5-3-20(33)14-22(18)24)32-28(36)13-19-17-31-25-6-4-21(34)15-23(19)25/h2*3-6,14-17,26,30-31,33-34H,1-2,7-13H2,(H,32,36)/i29-1;. The Balaban J connectivity index is 0.000000221. The lowest BCUT2D eigenvalue weighted by Gasteiger charge is -2.18. The minimum Gasteiger partial charge on any atom is -0.508 e. The van der Waals surface area contributed by atoms with Gasteiger partial charge in [0.05, 0.1) is 64.6 Å². The monoisotopic (exact) mass is 1050 g/mol. The number of halogens is 2. The smallest absolute Gasteiger partial charge is 0.225 e. The number of aromatic nitrogens is 4. The van der Waals surface area contributed by atoms with Gasteiger partial charge in [-0.2, -0.15) is 0 Å². The van der Waals surface area contributed by atoms with E-state index in [4.69, 9.17) is 18.9 Å². The van der Waals surface area contributed by atoms with Crippen LogP contribution in [0.1, 0.15) is 47.9 Å². The van der Waals surface area contributed by atoms with Crippen LogP contribution in [-0.2, 0) is 63.8 Å². The maximum absolute atomic E-state index is 13.2. The molecule has 0 saturated carbocycles. The van der Waals surface area contributed by atoms with E-state index in [0.29, 0.717) is 50.4 Å². The maximum Gasteiger partial charge on any atom is 0.225 e. The highest BCUT2D eigenvalue weighted by molar-refractivity contribution is 5.95. The number of phenols is 4. The highest BCUT2D eigenvalue weighted by Crippen LogP contribution is 2.28. The van der Waals surface area contributed by atoms with Crippen molar-refractivity contribution in [1.29, 1.82) is 0 Å².